The van der Waals surface area contributed by atoms with Crippen LogP contribution in [-0.2, 0) is 15.8 Å². The Kier molecular flexibility index (Phi) is 10.9. The summed E-state index contributed by atoms with van der Waals surface area (Å²) in [6.07, 6.45) is -2.63. The molecule has 0 radical (unpaired) electrons. The Hall–Kier alpha value is -4.20. The van der Waals surface area contributed by atoms with E-state index in [1.807, 2.05) is 24.0 Å². The van der Waals surface area contributed by atoms with Crippen molar-refractivity contribution in [2.75, 3.05) is 50.0 Å². The number of nitrogens with one attached hydrogen (secondary N) is 1. The summed E-state index contributed by atoms with van der Waals surface area (Å²) in [5.74, 6) is -2.32. The van der Waals surface area contributed by atoms with Crippen molar-refractivity contribution in [3.05, 3.63) is 82.3 Å². The fraction of sp³-hybridized carbons (Fsp3) is 0.375. The highest BCUT2D eigenvalue weighted by Crippen LogP contribution is 2.35. The minimum absolute atomic E-state index is 0.0218. The molecular weight excluding hydrogens is 674 g/mol. The molecule has 1 aliphatic rings. The molecule has 2 heterocycles. The minimum Gasteiger partial charge on any atom is -0.475 e. The molecule has 2 aromatic carbocycles. The molecule has 3 amide bonds. The van der Waals surface area contributed by atoms with Gasteiger partial charge in [-0.2, -0.15) is 13.2 Å². The van der Waals surface area contributed by atoms with Gasteiger partial charge in [0.25, 0.3) is 11.8 Å². The highest BCUT2D eigenvalue weighted by molar-refractivity contribution is 9.10. The third-order valence-electron chi connectivity index (χ3n) is 7.68. The van der Waals surface area contributed by atoms with Gasteiger partial charge in [0, 0.05) is 58.6 Å². The van der Waals surface area contributed by atoms with Gasteiger partial charge in [0.15, 0.2) is 0 Å². The predicted molar refractivity (Wildman–Crippen MR) is 168 cm³/mol. The van der Waals surface area contributed by atoms with Crippen molar-refractivity contribution in [2.24, 2.45) is 0 Å². The normalized spacial score (nSPS) is 16.5. The minimum atomic E-state index is -4.80. The number of amides is 3. The molecule has 9 nitrogen and oxygen atoms in total. The Balaban J connectivity index is 1.63. The molecule has 246 valence electrons. The van der Waals surface area contributed by atoms with Crippen LogP contribution in [0.2, 0.25) is 0 Å². The molecular formula is C32H34BrF4N5O4. The van der Waals surface area contributed by atoms with Crippen molar-refractivity contribution in [2.45, 2.75) is 38.5 Å². The van der Waals surface area contributed by atoms with E-state index in [0.717, 1.165) is 35.1 Å². The highest BCUT2D eigenvalue weighted by Gasteiger charge is 2.48. The first-order chi connectivity index (χ1) is 21.8. The van der Waals surface area contributed by atoms with E-state index in [2.05, 4.69) is 26.2 Å². The fourth-order valence-electron chi connectivity index (χ4n) is 5.46. The Morgan fingerprint density at radius 3 is 2.54 bits per heavy atom. The Morgan fingerprint density at radius 1 is 1.13 bits per heavy atom. The van der Waals surface area contributed by atoms with Crippen LogP contribution in [0, 0.1) is 5.82 Å². The number of likely N-dealkylation sites (N-methyl/N-ethyl adjacent to an activating group) is 2. The number of aromatic nitrogens is 1. The molecule has 0 aliphatic carbocycles. The molecule has 1 fully saturated rings. The molecule has 1 aliphatic heterocycles. The van der Waals surface area contributed by atoms with Crippen LogP contribution in [-0.4, -0.2) is 77.9 Å². The maximum absolute atomic E-state index is 14.5. The number of pyridine rings is 1. The number of ether oxygens (including phenoxy) is 1. The molecule has 3 aromatic rings. The number of likely N-dealkylation sites (tertiary alicyclic amines) is 1. The van der Waals surface area contributed by atoms with Gasteiger partial charge in [0.2, 0.25) is 11.5 Å². The largest absolute Gasteiger partial charge is 0.475 e. The van der Waals surface area contributed by atoms with E-state index in [1.54, 1.807) is 19.2 Å². The number of para-hydroxylation sites is 2. The molecule has 1 aromatic heterocycles. The van der Waals surface area contributed by atoms with Crippen molar-refractivity contribution >= 4 is 45.0 Å². The van der Waals surface area contributed by atoms with Crippen molar-refractivity contribution in [1.29, 1.82) is 0 Å². The maximum Gasteiger partial charge on any atom is 0.417 e. The number of hydrogen-bond acceptors (Lipinski definition) is 6. The first-order valence-corrected chi connectivity index (χ1v) is 15.4. The molecule has 1 atom stereocenters. The zero-order valence-electron chi connectivity index (χ0n) is 25.5. The van der Waals surface area contributed by atoms with E-state index in [0.29, 0.717) is 18.8 Å². The SMILES string of the molecule is CCN(CCN(C)C(=O)C1(Oc2ccc(Br)c(F)c2)CCCN(C(=O)c2cnccc2C(F)(F)F)C1)c1ccccc1NC(C)=O. The van der Waals surface area contributed by atoms with Gasteiger partial charge in [-0.15, -0.1) is 0 Å². The van der Waals surface area contributed by atoms with Gasteiger partial charge in [-0.25, -0.2) is 4.39 Å². The number of rotatable bonds is 10. The van der Waals surface area contributed by atoms with Gasteiger partial charge in [-0.05, 0) is 66.0 Å². The number of nitrogens with zero attached hydrogens (tertiary/aromatic N) is 4. The summed E-state index contributed by atoms with van der Waals surface area (Å²) in [6, 6.07) is 11.9. The molecule has 0 bridgehead atoms. The zero-order valence-corrected chi connectivity index (χ0v) is 27.1. The summed E-state index contributed by atoms with van der Waals surface area (Å²) in [5.41, 5.74) is -2.14. The van der Waals surface area contributed by atoms with Gasteiger partial charge in [-0.3, -0.25) is 19.4 Å². The molecule has 1 saturated heterocycles. The first-order valence-electron chi connectivity index (χ1n) is 14.6. The second kappa shape index (κ2) is 14.5. The van der Waals surface area contributed by atoms with E-state index < -0.39 is 40.5 Å². The molecule has 1 N–H and O–H groups in total. The zero-order chi connectivity index (χ0) is 33.6. The van der Waals surface area contributed by atoms with Crippen LogP contribution in [0.15, 0.2) is 65.4 Å². The van der Waals surface area contributed by atoms with Crippen LogP contribution in [0.3, 0.4) is 0 Å². The van der Waals surface area contributed by atoms with E-state index >= 15 is 0 Å². The van der Waals surface area contributed by atoms with Crippen LogP contribution in [0.4, 0.5) is 28.9 Å². The Bertz CT molecular complexity index is 1590. The molecule has 0 spiro atoms. The molecule has 0 saturated carbocycles. The van der Waals surface area contributed by atoms with Crippen molar-refractivity contribution in [1.82, 2.24) is 14.8 Å². The molecule has 4 rings (SSSR count). The summed E-state index contributed by atoms with van der Waals surface area (Å²) in [4.78, 5) is 47.8. The first kappa shape index (κ1) is 34.7. The summed E-state index contributed by atoms with van der Waals surface area (Å²) in [5, 5.41) is 2.81. The van der Waals surface area contributed by atoms with E-state index in [9.17, 15) is 31.9 Å². The van der Waals surface area contributed by atoms with Gasteiger partial charge < -0.3 is 24.8 Å². The van der Waals surface area contributed by atoms with Crippen molar-refractivity contribution < 1.29 is 36.7 Å². The van der Waals surface area contributed by atoms with Gasteiger partial charge in [-0.1, -0.05) is 12.1 Å². The Labute approximate surface area is 272 Å². The summed E-state index contributed by atoms with van der Waals surface area (Å²) >= 11 is 3.09. The lowest BCUT2D eigenvalue weighted by Gasteiger charge is -2.43. The molecule has 14 heteroatoms. The van der Waals surface area contributed by atoms with E-state index in [4.69, 9.17) is 4.74 Å². The molecule has 46 heavy (non-hydrogen) atoms. The monoisotopic (exact) mass is 707 g/mol. The maximum atomic E-state index is 14.5. The number of anilines is 2. The summed E-state index contributed by atoms with van der Waals surface area (Å²) in [7, 11) is 1.56. The van der Waals surface area contributed by atoms with Crippen LogP contribution < -0.4 is 15.0 Å². The summed E-state index contributed by atoms with van der Waals surface area (Å²) in [6.45, 7) is 4.13. The predicted octanol–water partition coefficient (Wildman–Crippen LogP) is 6.00. The lowest BCUT2D eigenvalue weighted by Crippen LogP contribution is -2.62. The van der Waals surface area contributed by atoms with Crippen LogP contribution in [0.1, 0.15) is 42.6 Å². The number of benzene rings is 2. The topological polar surface area (TPSA) is 95.1 Å². The van der Waals surface area contributed by atoms with Crippen molar-refractivity contribution in [3.8, 4) is 5.75 Å². The van der Waals surface area contributed by atoms with Gasteiger partial charge in [0.1, 0.15) is 11.6 Å². The van der Waals surface area contributed by atoms with E-state index in [1.165, 1.54) is 24.0 Å². The lowest BCUT2D eigenvalue weighted by molar-refractivity contribution is -0.151. The second-order valence-electron chi connectivity index (χ2n) is 10.9. The number of piperidine rings is 1. The van der Waals surface area contributed by atoms with Gasteiger partial charge >= 0.3 is 6.18 Å². The average molecular weight is 709 g/mol. The van der Waals surface area contributed by atoms with Crippen LogP contribution in [0.5, 0.6) is 5.75 Å². The third kappa shape index (κ3) is 7.95. The number of hydrogen-bond donors (Lipinski definition) is 1. The quantitative estimate of drug-likeness (QED) is 0.260. The molecule has 1 unspecified atom stereocenters. The van der Waals surface area contributed by atoms with Crippen LogP contribution in [0.25, 0.3) is 0 Å². The number of carbonyl (C=O) groups is 3. The average Bonchev–Trinajstić information content (AvgIpc) is 3.02. The van der Waals surface area contributed by atoms with Crippen molar-refractivity contribution in [3.63, 3.8) is 0 Å². The number of halogens is 5. The fourth-order valence-corrected chi connectivity index (χ4v) is 5.71. The van der Waals surface area contributed by atoms with Gasteiger partial charge in [0.05, 0.1) is 33.5 Å². The number of alkyl halides is 3. The Morgan fingerprint density at radius 2 is 1.87 bits per heavy atom. The highest BCUT2D eigenvalue weighted by atomic mass is 79.9. The second-order valence-corrected chi connectivity index (χ2v) is 11.8. The summed E-state index contributed by atoms with van der Waals surface area (Å²) < 4.78 is 62.2. The lowest BCUT2D eigenvalue weighted by atomic mass is 9.90. The van der Waals surface area contributed by atoms with E-state index in [-0.39, 0.29) is 48.6 Å². The standard InChI is InChI=1S/C32H34BrF4N5O4/c1-4-41(28-9-6-5-8-27(28)39-21(2)43)17-16-40(3)30(45)31(46-22-10-11-25(33)26(34)18-22)13-7-15-42(20-31)29(44)23-19-38-14-12-24(23)32(35,36)37/h5-6,8-12,14,18-19H,4,7,13,15-17,20H2,1-3H3,(H,39,43). The smallest absolute Gasteiger partial charge is 0.417 e. The van der Waals surface area contributed by atoms with Crippen LogP contribution >= 0.6 is 15.9 Å². The number of carbonyl (C=O) groups excluding carboxylic acids is 3. The third-order valence-corrected chi connectivity index (χ3v) is 8.33.